The molecule has 2 rings (SSSR count). The Balaban J connectivity index is 2.35. The third kappa shape index (κ3) is 4.47. The highest BCUT2D eigenvalue weighted by Crippen LogP contribution is 2.28. The van der Waals surface area contributed by atoms with Gasteiger partial charge in [-0.3, -0.25) is 0 Å². The Labute approximate surface area is 146 Å². The van der Waals surface area contributed by atoms with Gasteiger partial charge < -0.3 is 9.64 Å². The van der Waals surface area contributed by atoms with Crippen molar-refractivity contribution in [1.82, 2.24) is 4.90 Å². The van der Waals surface area contributed by atoms with Crippen molar-refractivity contribution in [3.05, 3.63) is 46.4 Å². The van der Waals surface area contributed by atoms with Gasteiger partial charge in [0.25, 0.3) is 0 Å². The summed E-state index contributed by atoms with van der Waals surface area (Å²) < 4.78 is 6.61. The van der Waals surface area contributed by atoms with E-state index in [1.165, 1.54) is 0 Å². The van der Waals surface area contributed by atoms with E-state index in [9.17, 15) is 4.79 Å². The van der Waals surface area contributed by atoms with Crippen LogP contribution >= 0.6 is 15.9 Å². The van der Waals surface area contributed by atoms with Gasteiger partial charge >= 0.3 is 6.09 Å². The third-order valence-electron chi connectivity index (χ3n) is 3.55. The summed E-state index contributed by atoms with van der Waals surface area (Å²) >= 11 is 3.59. The molecule has 124 valence electrons. The minimum atomic E-state index is -0.494. The molecule has 0 spiro atoms. The predicted octanol–water partition coefficient (Wildman–Crippen LogP) is 5.75. The molecule has 0 aromatic heterocycles. The molecule has 0 bridgehead atoms. The Hall–Kier alpha value is -1.55. The van der Waals surface area contributed by atoms with Crippen LogP contribution in [0.15, 0.2) is 40.9 Å². The largest absolute Gasteiger partial charge is 0.444 e. The van der Waals surface area contributed by atoms with Crippen molar-refractivity contribution in [2.24, 2.45) is 0 Å². The van der Waals surface area contributed by atoms with Crippen molar-refractivity contribution in [2.45, 2.75) is 52.8 Å². The third-order valence-corrected chi connectivity index (χ3v) is 4.24. The zero-order chi connectivity index (χ0) is 17.2. The lowest BCUT2D eigenvalue weighted by molar-refractivity contribution is 0.0173. The van der Waals surface area contributed by atoms with Crippen LogP contribution in [-0.4, -0.2) is 22.6 Å². The maximum absolute atomic E-state index is 12.5. The van der Waals surface area contributed by atoms with Gasteiger partial charge in [-0.25, -0.2) is 4.79 Å². The number of carbonyl (C=O) groups excluding carboxylic acids is 1. The Morgan fingerprint density at radius 1 is 1.13 bits per heavy atom. The van der Waals surface area contributed by atoms with Gasteiger partial charge in [-0.1, -0.05) is 46.3 Å². The number of ether oxygens (including phenoxy) is 1. The molecule has 23 heavy (non-hydrogen) atoms. The highest BCUT2D eigenvalue weighted by molar-refractivity contribution is 9.10. The molecule has 2 aromatic rings. The quantitative estimate of drug-likeness (QED) is 0.681. The molecule has 4 heteroatoms. The Bertz CT molecular complexity index is 704. The summed E-state index contributed by atoms with van der Waals surface area (Å²) in [5.74, 6) is 0. The molecule has 0 saturated carbocycles. The van der Waals surface area contributed by atoms with Gasteiger partial charge in [0.15, 0.2) is 0 Å². The molecule has 0 aliphatic carbocycles. The van der Waals surface area contributed by atoms with Crippen LogP contribution in [0.25, 0.3) is 10.8 Å². The van der Waals surface area contributed by atoms with Gasteiger partial charge in [0.1, 0.15) is 5.60 Å². The fraction of sp³-hybridized carbons (Fsp3) is 0.421. The normalized spacial score (nSPS) is 11.8. The average molecular weight is 378 g/mol. The number of carbonyl (C=O) groups is 1. The Morgan fingerprint density at radius 2 is 1.74 bits per heavy atom. The molecule has 0 heterocycles. The van der Waals surface area contributed by atoms with Crippen LogP contribution in [0.5, 0.6) is 0 Å². The topological polar surface area (TPSA) is 29.5 Å². The number of hydrogen-bond acceptors (Lipinski definition) is 2. The maximum Gasteiger partial charge on any atom is 0.410 e. The summed E-state index contributed by atoms with van der Waals surface area (Å²) in [6, 6.07) is 12.4. The Morgan fingerprint density at radius 3 is 2.30 bits per heavy atom. The van der Waals surface area contributed by atoms with Crippen molar-refractivity contribution < 1.29 is 9.53 Å². The summed E-state index contributed by atoms with van der Waals surface area (Å²) in [5.41, 5.74) is 0.620. The van der Waals surface area contributed by atoms with Gasteiger partial charge in [-0.2, -0.15) is 0 Å². The summed E-state index contributed by atoms with van der Waals surface area (Å²) in [5, 5.41) is 2.30. The van der Waals surface area contributed by atoms with E-state index >= 15 is 0 Å². The fourth-order valence-electron chi connectivity index (χ4n) is 2.42. The van der Waals surface area contributed by atoms with Gasteiger partial charge in [-0.15, -0.1) is 0 Å². The van der Waals surface area contributed by atoms with Crippen molar-refractivity contribution >= 4 is 32.8 Å². The van der Waals surface area contributed by atoms with Crippen molar-refractivity contribution in [2.75, 3.05) is 0 Å². The second-order valence-corrected chi connectivity index (χ2v) is 7.81. The lowest BCUT2D eigenvalue weighted by Crippen LogP contribution is -2.40. The first-order valence-corrected chi connectivity index (χ1v) is 8.64. The number of rotatable bonds is 3. The van der Waals surface area contributed by atoms with Crippen LogP contribution in [0.1, 0.15) is 40.2 Å². The first-order chi connectivity index (χ1) is 10.7. The van der Waals surface area contributed by atoms with Crippen LogP contribution in [0.3, 0.4) is 0 Å². The smallest absolute Gasteiger partial charge is 0.410 e. The van der Waals surface area contributed by atoms with Crippen LogP contribution in [0.2, 0.25) is 0 Å². The number of halogens is 1. The van der Waals surface area contributed by atoms with E-state index in [1.807, 2.05) is 52.8 Å². The van der Waals surface area contributed by atoms with Gasteiger partial charge in [-0.05, 0) is 57.0 Å². The molecular formula is C19H24BrNO2. The van der Waals surface area contributed by atoms with Crippen molar-refractivity contribution in [3.63, 3.8) is 0 Å². The number of fused-ring (bicyclic) bond motifs is 1. The van der Waals surface area contributed by atoms with Crippen LogP contribution in [0, 0.1) is 0 Å². The Kier molecular flexibility index (Phi) is 5.35. The summed E-state index contributed by atoms with van der Waals surface area (Å²) in [6.07, 6.45) is -0.278. The molecule has 0 aliphatic rings. The molecular weight excluding hydrogens is 354 g/mol. The minimum Gasteiger partial charge on any atom is -0.444 e. The van der Waals surface area contributed by atoms with E-state index in [0.717, 1.165) is 20.8 Å². The second-order valence-electron chi connectivity index (χ2n) is 6.95. The average Bonchev–Trinajstić information content (AvgIpc) is 2.44. The van der Waals surface area contributed by atoms with Crippen LogP contribution < -0.4 is 0 Å². The fourth-order valence-corrected chi connectivity index (χ4v) is 2.90. The highest BCUT2D eigenvalue weighted by Gasteiger charge is 2.24. The molecule has 0 saturated heterocycles. The molecule has 0 radical (unpaired) electrons. The lowest BCUT2D eigenvalue weighted by atomic mass is 10.0. The number of nitrogens with zero attached hydrogens (tertiary/aromatic N) is 1. The number of hydrogen-bond donors (Lipinski definition) is 0. The van der Waals surface area contributed by atoms with E-state index < -0.39 is 5.60 Å². The first kappa shape index (κ1) is 17.8. The second kappa shape index (κ2) is 6.91. The van der Waals surface area contributed by atoms with E-state index in [4.69, 9.17) is 4.74 Å². The zero-order valence-electron chi connectivity index (χ0n) is 14.4. The van der Waals surface area contributed by atoms with Gasteiger partial charge in [0, 0.05) is 17.1 Å². The molecule has 3 nitrogen and oxygen atoms in total. The van der Waals surface area contributed by atoms with Gasteiger partial charge in [0.2, 0.25) is 0 Å². The molecule has 0 unspecified atom stereocenters. The molecule has 1 amide bonds. The molecule has 0 atom stereocenters. The van der Waals surface area contributed by atoms with E-state index in [-0.39, 0.29) is 12.1 Å². The SMILES string of the molecule is CC(C)N(Cc1ccc(Br)c2ccccc12)C(=O)OC(C)(C)C. The van der Waals surface area contributed by atoms with Crippen LogP contribution in [0.4, 0.5) is 4.79 Å². The first-order valence-electron chi connectivity index (χ1n) is 7.85. The van der Waals surface area contributed by atoms with Crippen LogP contribution in [-0.2, 0) is 11.3 Å². The lowest BCUT2D eigenvalue weighted by Gasteiger charge is -2.30. The molecule has 0 aliphatic heterocycles. The molecule has 0 fully saturated rings. The summed E-state index contributed by atoms with van der Waals surface area (Å²) in [6.45, 7) is 10.2. The number of benzene rings is 2. The van der Waals surface area contributed by atoms with E-state index in [1.54, 1.807) is 4.90 Å². The van der Waals surface area contributed by atoms with E-state index in [2.05, 4.69) is 34.1 Å². The standard InChI is InChI=1S/C19H24BrNO2/c1-13(2)21(18(22)23-19(3,4)5)12-14-10-11-17(20)16-9-7-6-8-15(14)16/h6-11,13H,12H2,1-5H3. The van der Waals surface area contributed by atoms with Crippen molar-refractivity contribution in [1.29, 1.82) is 0 Å². The summed E-state index contributed by atoms with van der Waals surface area (Å²) in [7, 11) is 0. The summed E-state index contributed by atoms with van der Waals surface area (Å²) in [4.78, 5) is 14.3. The predicted molar refractivity (Wildman–Crippen MR) is 98.6 cm³/mol. The molecule has 0 N–H and O–H groups in total. The highest BCUT2D eigenvalue weighted by atomic mass is 79.9. The minimum absolute atomic E-state index is 0.0623. The zero-order valence-corrected chi connectivity index (χ0v) is 16.0. The number of amides is 1. The monoisotopic (exact) mass is 377 g/mol. The maximum atomic E-state index is 12.5. The molecule has 2 aromatic carbocycles. The van der Waals surface area contributed by atoms with Crippen molar-refractivity contribution in [3.8, 4) is 0 Å². The van der Waals surface area contributed by atoms with Gasteiger partial charge in [0.05, 0.1) is 0 Å². The van der Waals surface area contributed by atoms with E-state index in [0.29, 0.717) is 6.54 Å².